The van der Waals surface area contributed by atoms with E-state index >= 15 is 0 Å². The zero-order valence-electron chi connectivity index (χ0n) is 12.2. The highest BCUT2D eigenvalue weighted by atomic mass is 32.1. The Hall–Kier alpha value is -1.69. The van der Waals surface area contributed by atoms with Crippen LogP contribution in [0.1, 0.15) is 36.8 Å². The Morgan fingerprint density at radius 3 is 2.70 bits per heavy atom. The molecule has 0 bridgehead atoms. The Labute approximate surface area is 123 Å². The number of hydrogen-bond acceptors (Lipinski definition) is 6. The predicted molar refractivity (Wildman–Crippen MR) is 84.6 cm³/mol. The van der Waals surface area contributed by atoms with E-state index in [1.54, 1.807) is 17.7 Å². The van der Waals surface area contributed by atoms with Crippen LogP contribution in [-0.2, 0) is 6.42 Å². The standard InChI is InChI=1S/C14H21N5S/c1-4-5-11-12(15-3)18-9-19-13(11)17-8-10(2)14-16-6-7-20-14/h6-7,9-10H,4-5,8H2,1-3H3,(H2,15,17,18,19). The molecular weight excluding hydrogens is 270 g/mol. The summed E-state index contributed by atoms with van der Waals surface area (Å²) in [5, 5.41) is 9.73. The highest BCUT2D eigenvalue weighted by Gasteiger charge is 2.12. The van der Waals surface area contributed by atoms with Gasteiger partial charge in [0.15, 0.2) is 0 Å². The Morgan fingerprint density at radius 1 is 1.25 bits per heavy atom. The van der Waals surface area contributed by atoms with Crippen LogP contribution in [0.25, 0.3) is 0 Å². The lowest BCUT2D eigenvalue weighted by Crippen LogP contribution is -2.13. The van der Waals surface area contributed by atoms with Gasteiger partial charge in [0, 0.05) is 36.7 Å². The van der Waals surface area contributed by atoms with Crippen molar-refractivity contribution in [2.24, 2.45) is 0 Å². The van der Waals surface area contributed by atoms with Crippen LogP contribution in [0, 0.1) is 0 Å². The van der Waals surface area contributed by atoms with Crippen molar-refractivity contribution in [1.82, 2.24) is 15.0 Å². The smallest absolute Gasteiger partial charge is 0.134 e. The molecule has 2 aromatic heterocycles. The average molecular weight is 291 g/mol. The van der Waals surface area contributed by atoms with Crippen LogP contribution in [0.3, 0.4) is 0 Å². The first-order valence-electron chi connectivity index (χ1n) is 6.91. The maximum absolute atomic E-state index is 4.38. The summed E-state index contributed by atoms with van der Waals surface area (Å²) >= 11 is 1.69. The minimum absolute atomic E-state index is 0.373. The normalized spacial score (nSPS) is 12.2. The van der Waals surface area contributed by atoms with Crippen molar-refractivity contribution < 1.29 is 0 Å². The Bertz CT molecular complexity index is 526. The fourth-order valence-electron chi connectivity index (χ4n) is 2.08. The molecule has 20 heavy (non-hydrogen) atoms. The third-order valence-corrected chi connectivity index (χ3v) is 4.14. The van der Waals surface area contributed by atoms with Gasteiger partial charge in [0.25, 0.3) is 0 Å². The fourth-order valence-corrected chi connectivity index (χ4v) is 2.78. The molecule has 5 nitrogen and oxygen atoms in total. The lowest BCUT2D eigenvalue weighted by Gasteiger charge is -2.15. The van der Waals surface area contributed by atoms with E-state index in [0.29, 0.717) is 5.92 Å². The van der Waals surface area contributed by atoms with E-state index in [9.17, 15) is 0 Å². The quantitative estimate of drug-likeness (QED) is 0.820. The third kappa shape index (κ3) is 3.45. The number of nitrogens with zero attached hydrogens (tertiary/aromatic N) is 3. The Balaban J connectivity index is 2.08. The molecule has 0 saturated carbocycles. The number of anilines is 2. The molecule has 0 aliphatic carbocycles. The zero-order valence-corrected chi connectivity index (χ0v) is 13.0. The van der Waals surface area contributed by atoms with Crippen LogP contribution >= 0.6 is 11.3 Å². The molecule has 2 aromatic rings. The summed E-state index contributed by atoms with van der Waals surface area (Å²) < 4.78 is 0. The first-order chi connectivity index (χ1) is 9.76. The second-order valence-electron chi connectivity index (χ2n) is 4.70. The molecule has 2 heterocycles. The van der Waals surface area contributed by atoms with Crippen LogP contribution in [0.5, 0.6) is 0 Å². The van der Waals surface area contributed by atoms with Crippen LogP contribution in [0.15, 0.2) is 17.9 Å². The minimum atomic E-state index is 0.373. The first kappa shape index (κ1) is 14.7. The molecule has 0 aliphatic rings. The topological polar surface area (TPSA) is 62.7 Å². The SMILES string of the molecule is CCCc1c(NC)ncnc1NCC(C)c1nccs1. The van der Waals surface area contributed by atoms with Crippen LogP contribution in [-0.4, -0.2) is 28.5 Å². The van der Waals surface area contributed by atoms with Crippen molar-refractivity contribution in [1.29, 1.82) is 0 Å². The number of nitrogens with one attached hydrogen (secondary N) is 2. The summed E-state index contributed by atoms with van der Waals surface area (Å²) in [6.07, 6.45) is 5.48. The van der Waals surface area contributed by atoms with Gasteiger partial charge < -0.3 is 10.6 Å². The van der Waals surface area contributed by atoms with Gasteiger partial charge in [-0.3, -0.25) is 0 Å². The molecule has 2 N–H and O–H groups in total. The van der Waals surface area contributed by atoms with Crippen molar-refractivity contribution in [2.45, 2.75) is 32.6 Å². The van der Waals surface area contributed by atoms with Gasteiger partial charge in [-0.25, -0.2) is 15.0 Å². The molecule has 2 rings (SSSR count). The molecule has 0 amide bonds. The number of rotatable bonds is 7. The van der Waals surface area contributed by atoms with Crippen LogP contribution in [0.4, 0.5) is 11.6 Å². The molecule has 0 aromatic carbocycles. The van der Waals surface area contributed by atoms with Gasteiger partial charge in [0.05, 0.1) is 5.01 Å². The summed E-state index contributed by atoms with van der Waals surface area (Å²) in [6, 6.07) is 0. The van der Waals surface area contributed by atoms with E-state index in [1.807, 2.05) is 18.6 Å². The van der Waals surface area contributed by atoms with Crippen molar-refractivity contribution in [3.63, 3.8) is 0 Å². The highest BCUT2D eigenvalue weighted by molar-refractivity contribution is 7.09. The molecule has 1 unspecified atom stereocenters. The van der Waals surface area contributed by atoms with Gasteiger partial charge in [-0.15, -0.1) is 11.3 Å². The summed E-state index contributed by atoms with van der Waals surface area (Å²) in [4.78, 5) is 13.0. The molecule has 6 heteroatoms. The molecule has 0 radical (unpaired) electrons. The summed E-state index contributed by atoms with van der Waals surface area (Å²) in [7, 11) is 1.89. The lowest BCUT2D eigenvalue weighted by atomic mass is 10.1. The molecule has 0 fully saturated rings. The Morgan fingerprint density at radius 2 is 2.05 bits per heavy atom. The van der Waals surface area contributed by atoms with Gasteiger partial charge in [0.2, 0.25) is 0 Å². The largest absolute Gasteiger partial charge is 0.373 e. The number of thiazole rings is 1. The summed E-state index contributed by atoms with van der Waals surface area (Å²) in [6.45, 7) is 5.16. The van der Waals surface area contributed by atoms with Crippen LogP contribution < -0.4 is 10.6 Å². The maximum atomic E-state index is 4.38. The second-order valence-corrected chi connectivity index (χ2v) is 5.63. The highest BCUT2D eigenvalue weighted by Crippen LogP contribution is 2.23. The van der Waals surface area contributed by atoms with E-state index < -0.39 is 0 Å². The molecule has 0 aliphatic heterocycles. The predicted octanol–water partition coefficient (Wildman–Crippen LogP) is 3.14. The second kappa shape index (κ2) is 7.19. The number of aromatic nitrogens is 3. The average Bonchev–Trinajstić information content (AvgIpc) is 3.00. The zero-order chi connectivity index (χ0) is 14.4. The molecule has 108 valence electrons. The number of hydrogen-bond donors (Lipinski definition) is 2. The van der Waals surface area contributed by atoms with Crippen molar-refractivity contribution in [3.05, 3.63) is 28.5 Å². The lowest BCUT2D eigenvalue weighted by molar-refractivity contribution is 0.787. The van der Waals surface area contributed by atoms with Crippen molar-refractivity contribution in [3.8, 4) is 0 Å². The van der Waals surface area contributed by atoms with E-state index in [-0.39, 0.29) is 0 Å². The van der Waals surface area contributed by atoms with Crippen molar-refractivity contribution >= 4 is 23.0 Å². The van der Waals surface area contributed by atoms with E-state index in [4.69, 9.17) is 0 Å². The van der Waals surface area contributed by atoms with E-state index in [1.165, 1.54) is 0 Å². The van der Waals surface area contributed by atoms with Crippen LogP contribution in [0.2, 0.25) is 0 Å². The monoisotopic (exact) mass is 291 g/mol. The fraction of sp³-hybridized carbons (Fsp3) is 0.500. The minimum Gasteiger partial charge on any atom is -0.373 e. The van der Waals surface area contributed by atoms with Gasteiger partial charge in [0.1, 0.15) is 18.0 Å². The summed E-state index contributed by atoms with van der Waals surface area (Å²) in [5.74, 6) is 2.21. The Kier molecular flexibility index (Phi) is 5.29. The van der Waals surface area contributed by atoms with Gasteiger partial charge >= 0.3 is 0 Å². The molecule has 1 atom stereocenters. The van der Waals surface area contributed by atoms with Gasteiger partial charge in [-0.05, 0) is 6.42 Å². The van der Waals surface area contributed by atoms with E-state index in [2.05, 4.69) is 39.4 Å². The van der Waals surface area contributed by atoms with Gasteiger partial charge in [-0.2, -0.15) is 0 Å². The molecule has 0 spiro atoms. The van der Waals surface area contributed by atoms with Gasteiger partial charge in [-0.1, -0.05) is 20.3 Å². The summed E-state index contributed by atoms with van der Waals surface area (Å²) in [5.41, 5.74) is 1.16. The molecular formula is C14H21N5S. The molecule has 0 saturated heterocycles. The van der Waals surface area contributed by atoms with E-state index in [0.717, 1.165) is 41.6 Å². The maximum Gasteiger partial charge on any atom is 0.134 e. The third-order valence-electron chi connectivity index (χ3n) is 3.13. The van der Waals surface area contributed by atoms with Crippen molar-refractivity contribution in [2.75, 3.05) is 24.2 Å². The first-order valence-corrected chi connectivity index (χ1v) is 7.79.